The van der Waals surface area contributed by atoms with E-state index in [2.05, 4.69) is 0 Å². The van der Waals surface area contributed by atoms with Crippen LogP contribution in [0.15, 0.2) is 70.0 Å². The van der Waals surface area contributed by atoms with Gasteiger partial charge in [-0.1, -0.05) is 54.3 Å². The molecule has 32 heavy (non-hydrogen) atoms. The molecule has 1 aliphatic rings. The second-order valence-electron chi connectivity index (χ2n) is 6.82. The molecule has 0 unspecified atom stereocenters. The number of nitro benzene ring substituents is 1. The van der Waals surface area contributed by atoms with Crippen molar-refractivity contribution in [2.45, 2.75) is 13.5 Å². The first-order valence-corrected chi connectivity index (χ1v) is 11.0. The highest BCUT2D eigenvalue weighted by Gasteiger charge is 2.32. The average Bonchev–Trinajstić information content (AvgIpc) is 3.35. The maximum atomic E-state index is 12.8. The molecule has 2 heterocycles. The van der Waals surface area contributed by atoms with E-state index >= 15 is 0 Å². The third kappa shape index (κ3) is 4.58. The Kier molecular flexibility index (Phi) is 6.38. The lowest BCUT2D eigenvalue weighted by Gasteiger charge is -2.14. The average molecular weight is 467 g/mol. The Morgan fingerprint density at radius 3 is 2.69 bits per heavy atom. The fraction of sp³-hybridized carbons (Fsp3) is 0.130. The third-order valence-corrected chi connectivity index (χ3v) is 6.08. The minimum atomic E-state index is -0.477. The van der Waals surface area contributed by atoms with Crippen LogP contribution in [0.2, 0.25) is 0 Å². The number of nitrogens with zero attached hydrogens (tertiary/aromatic N) is 2. The Bertz CT molecular complexity index is 1220. The molecule has 1 fully saturated rings. The molecule has 0 saturated carbocycles. The van der Waals surface area contributed by atoms with Gasteiger partial charge < -0.3 is 9.15 Å². The van der Waals surface area contributed by atoms with Gasteiger partial charge in [0.15, 0.2) is 0 Å². The van der Waals surface area contributed by atoms with Gasteiger partial charge in [0.2, 0.25) is 0 Å². The second-order valence-corrected chi connectivity index (χ2v) is 8.50. The summed E-state index contributed by atoms with van der Waals surface area (Å²) in [5.41, 5.74) is 1.19. The maximum absolute atomic E-state index is 12.8. The smallest absolute Gasteiger partial charge is 0.284 e. The zero-order valence-electron chi connectivity index (χ0n) is 17.0. The Morgan fingerprint density at radius 1 is 1.19 bits per heavy atom. The van der Waals surface area contributed by atoms with Gasteiger partial charge in [-0.3, -0.25) is 19.8 Å². The summed E-state index contributed by atoms with van der Waals surface area (Å²) >= 11 is 6.58. The fourth-order valence-electron chi connectivity index (χ4n) is 3.23. The summed E-state index contributed by atoms with van der Waals surface area (Å²) in [4.78, 5) is 25.9. The van der Waals surface area contributed by atoms with Crippen LogP contribution in [0.4, 0.5) is 5.69 Å². The molecule has 4 rings (SSSR count). The van der Waals surface area contributed by atoms with Crippen LogP contribution in [0.1, 0.15) is 18.2 Å². The summed E-state index contributed by atoms with van der Waals surface area (Å²) in [5, 5.41) is 11.5. The zero-order valence-corrected chi connectivity index (χ0v) is 18.7. The number of nitro groups is 1. The van der Waals surface area contributed by atoms with Gasteiger partial charge in [-0.05, 0) is 36.8 Å². The molecule has 0 atom stereocenters. The van der Waals surface area contributed by atoms with E-state index in [4.69, 9.17) is 21.4 Å². The van der Waals surface area contributed by atoms with E-state index in [0.717, 1.165) is 5.56 Å². The molecular weight excluding hydrogens is 448 g/mol. The van der Waals surface area contributed by atoms with E-state index in [1.54, 1.807) is 42.2 Å². The molecule has 1 amide bonds. The van der Waals surface area contributed by atoms with E-state index in [1.807, 2.05) is 30.3 Å². The van der Waals surface area contributed by atoms with Crippen LogP contribution in [0, 0.1) is 10.1 Å². The number of furan rings is 1. The molecule has 0 spiro atoms. The van der Waals surface area contributed by atoms with Crippen molar-refractivity contribution in [3.05, 3.63) is 87.0 Å². The summed E-state index contributed by atoms with van der Waals surface area (Å²) in [7, 11) is 0. The minimum absolute atomic E-state index is 0.119. The molecule has 1 saturated heterocycles. The molecule has 0 N–H and O–H groups in total. The number of thiocarbonyl (C=S) groups is 1. The Morgan fingerprint density at radius 2 is 1.97 bits per heavy atom. The maximum Gasteiger partial charge on any atom is 0.284 e. The second kappa shape index (κ2) is 9.37. The summed E-state index contributed by atoms with van der Waals surface area (Å²) in [5.74, 6) is 0.944. The number of hydrogen-bond donors (Lipinski definition) is 0. The summed E-state index contributed by atoms with van der Waals surface area (Å²) in [6.07, 6.45) is 1.61. The molecule has 7 nitrogen and oxygen atoms in total. The normalized spacial score (nSPS) is 14.9. The molecule has 0 aliphatic carbocycles. The summed E-state index contributed by atoms with van der Waals surface area (Å²) in [6.45, 7) is 2.61. The van der Waals surface area contributed by atoms with Crippen LogP contribution in [0.5, 0.6) is 5.75 Å². The van der Waals surface area contributed by atoms with Crippen LogP contribution in [-0.4, -0.2) is 26.7 Å². The van der Waals surface area contributed by atoms with E-state index in [0.29, 0.717) is 45.2 Å². The van der Waals surface area contributed by atoms with E-state index in [1.165, 1.54) is 17.8 Å². The lowest BCUT2D eigenvalue weighted by molar-refractivity contribution is -0.384. The quantitative estimate of drug-likeness (QED) is 0.192. The van der Waals surface area contributed by atoms with Gasteiger partial charge in [-0.25, -0.2) is 0 Å². The van der Waals surface area contributed by atoms with E-state index < -0.39 is 4.92 Å². The molecular formula is C23H18N2O5S2. The lowest BCUT2D eigenvalue weighted by Crippen LogP contribution is -2.27. The van der Waals surface area contributed by atoms with Crippen molar-refractivity contribution >= 4 is 46.0 Å². The first kappa shape index (κ1) is 21.8. The van der Waals surface area contributed by atoms with Gasteiger partial charge in [0.25, 0.3) is 11.6 Å². The molecule has 0 bridgehead atoms. The molecule has 3 aromatic rings. The number of rotatable bonds is 7. The van der Waals surface area contributed by atoms with Crippen LogP contribution in [-0.2, 0) is 11.3 Å². The number of hydrogen-bond acceptors (Lipinski definition) is 7. The van der Waals surface area contributed by atoms with Gasteiger partial charge in [0.05, 0.1) is 34.6 Å². The third-order valence-electron chi connectivity index (χ3n) is 4.70. The highest BCUT2D eigenvalue weighted by atomic mass is 32.2. The molecule has 0 radical (unpaired) electrons. The van der Waals surface area contributed by atoms with Gasteiger partial charge in [0, 0.05) is 6.08 Å². The Hall–Kier alpha value is -3.43. The fourth-order valence-corrected chi connectivity index (χ4v) is 4.47. The highest BCUT2D eigenvalue weighted by molar-refractivity contribution is 8.26. The monoisotopic (exact) mass is 466 g/mol. The predicted octanol–water partition coefficient (Wildman–Crippen LogP) is 5.65. The van der Waals surface area contributed by atoms with Crippen molar-refractivity contribution in [2.75, 3.05) is 6.61 Å². The van der Waals surface area contributed by atoms with Crippen molar-refractivity contribution in [2.24, 2.45) is 0 Å². The minimum Gasteiger partial charge on any atom is -0.494 e. The highest BCUT2D eigenvalue weighted by Crippen LogP contribution is 2.37. The van der Waals surface area contributed by atoms with Crippen molar-refractivity contribution < 1.29 is 18.9 Å². The van der Waals surface area contributed by atoms with Gasteiger partial charge in [0.1, 0.15) is 21.6 Å². The van der Waals surface area contributed by atoms with Gasteiger partial charge in [-0.2, -0.15) is 0 Å². The van der Waals surface area contributed by atoms with Crippen LogP contribution < -0.4 is 4.74 Å². The van der Waals surface area contributed by atoms with Crippen LogP contribution in [0.3, 0.4) is 0 Å². The van der Waals surface area contributed by atoms with Crippen molar-refractivity contribution in [3.63, 3.8) is 0 Å². The standard InChI is InChI=1S/C23H18N2O5S2/c1-2-29-16-8-10-18(19(12-16)25(27)28)20-11-9-17(30-20)13-21-22(26)24(23(31)32-21)14-15-6-4-3-5-7-15/h3-13H,2,14H2,1H3/b21-13+. The summed E-state index contributed by atoms with van der Waals surface area (Å²) < 4.78 is 11.6. The Balaban J connectivity index is 1.57. The SMILES string of the molecule is CCOc1ccc(-c2ccc(/C=C3/SC(=S)N(Cc4ccccc4)C3=O)o2)c([N+](=O)[O-])c1. The van der Waals surface area contributed by atoms with E-state index in [9.17, 15) is 14.9 Å². The Labute approximate surface area is 193 Å². The first-order chi connectivity index (χ1) is 15.5. The summed E-state index contributed by atoms with van der Waals surface area (Å²) in [6, 6.07) is 17.5. The number of benzene rings is 2. The number of amides is 1. The number of ether oxygens (including phenoxy) is 1. The largest absolute Gasteiger partial charge is 0.494 e. The molecule has 1 aliphatic heterocycles. The number of thioether (sulfide) groups is 1. The van der Waals surface area contributed by atoms with Crippen molar-refractivity contribution in [1.82, 2.24) is 4.90 Å². The molecule has 162 valence electrons. The van der Waals surface area contributed by atoms with Gasteiger partial charge >= 0.3 is 0 Å². The number of carbonyl (C=O) groups excluding carboxylic acids is 1. The predicted molar refractivity (Wildman–Crippen MR) is 127 cm³/mol. The molecule has 1 aromatic heterocycles. The van der Waals surface area contributed by atoms with Gasteiger partial charge in [-0.15, -0.1) is 0 Å². The van der Waals surface area contributed by atoms with Crippen molar-refractivity contribution in [3.8, 4) is 17.1 Å². The zero-order chi connectivity index (χ0) is 22.7. The van der Waals surface area contributed by atoms with E-state index in [-0.39, 0.29) is 11.6 Å². The lowest BCUT2D eigenvalue weighted by atomic mass is 10.1. The van der Waals surface area contributed by atoms with Crippen LogP contribution in [0.25, 0.3) is 17.4 Å². The number of carbonyl (C=O) groups is 1. The van der Waals surface area contributed by atoms with Crippen molar-refractivity contribution in [1.29, 1.82) is 0 Å². The van der Waals surface area contributed by atoms with Crippen LogP contribution >= 0.6 is 24.0 Å². The molecule has 9 heteroatoms. The first-order valence-electron chi connectivity index (χ1n) is 9.77. The topological polar surface area (TPSA) is 85.8 Å². The molecule has 2 aromatic carbocycles.